The fourth-order valence-electron chi connectivity index (χ4n) is 0. The van der Waals surface area contributed by atoms with Gasteiger partial charge in [-0.1, -0.05) is 7.43 Å². The Hall–Kier alpha value is 1.38. The Bertz CT molecular complexity index is 13.7. The summed E-state index contributed by atoms with van der Waals surface area (Å²) >= 11 is 2.94. The summed E-state index contributed by atoms with van der Waals surface area (Å²) in [5.74, 6) is 0. The Kier molecular flexibility index (Phi) is 1820. The van der Waals surface area contributed by atoms with Crippen molar-refractivity contribution in [3.05, 3.63) is 0 Å². The van der Waals surface area contributed by atoms with Crippen LogP contribution in [0.25, 0.3) is 0 Å². The third-order valence-corrected chi connectivity index (χ3v) is 0. The molecule has 0 aliphatic rings. The van der Waals surface area contributed by atoms with Crippen molar-refractivity contribution >= 4 is 24.8 Å². The van der Waals surface area contributed by atoms with Crippen LogP contribution in [0.4, 0.5) is 0 Å². The molecule has 7 heavy (non-hydrogen) atoms. The molecule has 0 rings (SSSR count). The van der Waals surface area contributed by atoms with Gasteiger partial charge >= 0.3 is 19.8 Å². The third-order valence-electron chi connectivity index (χ3n) is 0. The predicted molar refractivity (Wildman–Crippen MR) is 25.5 cm³/mol. The molecule has 6 heteroatoms. The quantitative estimate of drug-likeness (QED) is 0.578. The summed E-state index contributed by atoms with van der Waals surface area (Å²) in [4.78, 5) is 0. The standard InChI is InChI=1S/CH4.2ClH.2Cu.H2O.O/h1H4;2*1H;;;1H2;. The molecule has 0 aliphatic heterocycles. The van der Waals surface area contributed by atoms with E-state index in [2.05, 4.69) is 15.9 Å². The molecule has 0 bridgehead atoms. The first-order valence-corrected chi connectivity index (χ1v) is 0.508. The van der Waals surface area contributed by atoms with E-state index in [-0.39, 0.29) is 54.8 Å². The van der Waals surface area contributed by atoms with Gasteiger partial charge in [0.1, 0.15) is 0 Å². The van der Waals surface area contributed by atoms with Gasteiger partial charge in [0.25, 0.3) is 0 Å². The molecular weight excluding hydrogens is 242 g/mol. The summed E-state index contributed by atoms with van der Waals surface area (Å²) in [6.07, 6.45) is 0. The molecule has 2 nitrogen and oxygen atoms in total. The van der Waals surface area contributed by atoms with Crippen molar-refractivity contribution in [3.63, 3.8) is 0 Å². The molecule has 0 aromatic carbocycles. The molecule has 0 aliphatic carbocycles. The summed E-state index contributed by atoms with van der Waals surface area (Å²) in [6.45, 7) is 0. The van der Waals surface area contributed by atoms with Crippen molar-refractivity contribution in [2.75, 3.05) is 0 Å². The molecule has 0 unspecified atom stereocenters. The third kappa shape index (κ3) is 112. The van der Waals surface area contributed by atoms with Crippen molar-refractivity contribution < 1.29 is 42.3 Å². The zero-order valence-electron chi connectivity index (χ0n) is 2.33. The summed E-state index contributed by atoms with van der Waals surface area (Å²) in [7, 11) is 0. The van der Waals surface area contributed by atoms with E-state index in [9.17, 15) is 0 Å². The van der Waals surface area contributed by atoms with Gasteiger partial charge in [-0.25, -0.2) is 0 Å². The molecule has 2 N–H and O–H groups in total. The number of rotatable bonds is 0. The van der Waals surface area contributed by atoms with E-state index in [1.807, 2.05) is 0 Å². The zero-order chi connectivity index (χ0) is 2.00. The molecule has 0 atom stereocenters. The first kappa shape index (κ1) is 80.6. The van der Waals surface area contributed by atoms with Crippen molar-refractivity contribution in [3.8, 4) is 0 Å². The van der Waals surface area contributed by atoms with E-state index in [0.717, 1.165) is 0 Å². The van der Waals surface area contributed by atoms with Crippen LogP contribution in [0.1, 0.15) is 7.43 Å². The second-order valence-corrected chi connectivity index (χ2v) is 0. The summed E-state index contributed by atoms with van der Waals surface area (Å²) < 4.78 is 7.81. The summed E-state index contributed by atoms with van der Waals surface area (Å²) in [5.41, 5.74) is 0. The molecular formula is CH8Cl2Cu2O2. The van der Waals surface area contributed by atoms with Gasteiger partial charge in [0.2, 0.25) is 0 Å². The Labute approximate surface area is 74.4 Å². The van der Waals surface area contributed by atoms with E-state index >= 15 is 0 Å². The van der Waals surface area contributed by atoms with Crippen molar-refractivity contribution in [2.24, 2.45) is 0 Å². The molecule has 0 amide bonds. The molecule has 0 saturated carbocycles. The minimum absolute atomic E-state index is 0. The second kappa shape index (κ2) is 158. The second-order valence-electron chi connectivity index (χ2n) is 0. The van der Waals surface area contributed by atoms with E-state index in [1.54, 1.807) is 0 Å². The maximum atomic E-state index is 7.81. The minimum atomic E-state index is 0. The molecule has 0 saturated heterocycles. The van der Waals surface area contributed by atoms with Gasteiger partial charge in [-0.2, -0.15) is 0 Å². The molecule has 60 valence electrons. The van der Waals surface area contributed by atoms with Crippen LogP contribution in [0.2, 0.25) is 0 Å². The molecule has 0 heterocycles. The first-order valence-electron chi connectivity index (χ1n) is 0.123. The average Bonchev–Trinajstić information content (AvgIpc) is 1.00. The van der Waals surface area contributed by atoms with Crippen LogP contribution in [0, 0.1) is 0 Å². The van der Waals surface area contributed by atoms with Gasteiger partial charge in [0, 0.05) is 17.1 Å². The Morgan fingerprint density at radius 1 is 1.00 bits per heavy atom. The fourth-order valence-corrected chi connectivity index (χ4v) is 0. The van der Waals surface area contributed by atoms with Crippen LogP contribution in [0.15, 0.2) is 0 Å². The number of halogens is 2. The first-order chi connectivity index (χ1) is 1.00. The van der Waals surface area contributed by atoms with Gasteiger partial charge in [-0.3, -0.25) is 0 Å². The average molecular weight is 250 g/mol. The zero-order valence-corrected chi connectivity index (χ0v) is 5.84. The van der Waals surface area contributed by atoms with Crippen LogP contribution < -0.4 is 0 Å². The van der Waals surface area contributed by atoms with Crippen LogP contribution in [0.5, 0.6) is 0 Å². The molecule has 0 spiro atoms. The van der Waals surface area contributed by atoms with Crippen molar-refractivity contribution in [1.82, 2.24) is 0 Å². The Morgan fingerprint density at radius 2 is 1.00 bits per heavy atom. The van der Waals surface area contributed by atoms with Gasteiger partial charge in [-0.15, -0.1) is 24.8 Å². The van der Waals surface area contributed by atoms with Crippen LogP contribution >= 0.6 is 24.8 Å². The molecule has 0 aromatic heterocycles. The summed E-state index contributed by atoms with van der Waals surface area (Å²) in [6, 6.07) is 0. The Morgan fingerprint density at radius 3 is 1.00 bits per heavy atom. The van der Waals surface area contributed by atoms with Crippen molar-refractivity contribution in [2.45, 2.75) is 7.43 Å². The van der Waals surface area contributed by atoms with Crippen LogP contribution in [0.3, 0.4) is 0 Å². The van der Waals surface area contributed by atoms with E-state index < -0.39 is 0 Å². The number of hydrogen-bond donors (Lipinski definition) is 0. The molecule has 1 radical (unpaired) electrons. The molecule has 0 fully saturated rings. The van der Waals surface area contributed by atoms with E-state index in [1.165, 1.54) is 0 Å². The SMILES string of the molecule is C.Cl.Cl.O.[Cu].[O]=[Cu]. The summed E-state index contributed by atoms with van der Waals surface area (Å²) in [5, 5.41) is 0. The predicted octanol–water partition coefficient (Wildman–Crippen LogP) is 0.531. The Balaban J connectivity index is -0.000000000500. The van der Waals surface area contributed by atoms with Gasteiger partial charge < -0.3 is 5.48 Å². The fraction of sp³-hybridized carbons (Fsp3) is 1.00. The van der Waals surface area contributed by atoms with Gasteiger partial charge in [0.05, 0.1) is 0 Å². The van der Waals surface area contributed by atoms with E-state index in [0.29, 0.717) is 0 Å². The topological polar surface area (TPSA) is 48.6 Å². The molecule has 0 aromatic rings. The monoisotopic (exact) mass is 248 g/mol. The number of hydrogen-bond acceptors (Lipinski definition) is 1. The van der Waals surface area contributed by atoms with Crippen LogP contribution in [-0.2, 0) is 36.8 Å². The normalized spacial score (nSPS) is 0.857. The maximum absolute atomic E-state index is 7.81. The van der Waals surface area contributed by atoms with Crippen LogP contribution in [-0.4, -0.2) is 5.48 Å². The van der Waals surface area contributed by atoms with Gasteiger partial charge in [-0.05, 0) is 0 Å². The van der Waals surface area contributed by atoms with Gasteiger partial charge in [0.15, 0.2) is 0 Å². The van der Waals surface area contributed by atoms with E-state index in [4.69, 9.17) is 3.83 Å². The van der Waals surface area contributed by atoms with Crippen molar-refractivity contribution in [1.29, 1.82) is 0 Å².